The molecule has 3 nitrogen and oxygen atoms in total. The fourth-order valence-electron chi connectivity index (χ4n) is 1.88. The number of unbranched alkanes of at least 4 members (excludes halogenated alkanes) is 9. The van der Waals surface area contributed by atoms with Crippen molar-refractivity contribution in [1.29, 1.82) is 0 Å². The summed E-state index contributed by atoms with van der Waals surface area (Å²) in [5.41, 5.74) is 0. The van der Waals surface area contributed by atoms with Crippen molar-refractivity contribution in [2.75, 3.05) is 20.7 Å². The number of rotatable bonds is 11. The van der Waals surface area contributed by atoms with Crippen molar-refractivity contribution in [2.45, 2.75) is 71.1 Å². The molecule has 0 saturated carbocycles. The summed E-state index contributed by atoms with van der Waals surface area (Å²) in [5, 5.41) is 0. The van der Waals surface area contributed by atoms with Gasteiger partial charge in [-0.3, -0.25) is 0 Å². The molecule has 0 atom stereocenters. The van der Waals surface area contributed by atoms with Crippen molar-refractivity contribution in [3.8, 4) is 0 Å². The number of carbonyl (C=O) groups is 1. The predicted molar refractivity (Wildman–Crippen MR) is 84.0 cm³/mol. The third-order valence-electron chi connectivity index (χ3n) is 3.09. The summed E-state index contributed by atoms with van der Waals surface area (Å²) in [7, 11) is 3.42. The van der Waals surface area contributed by atoms with Crippen molar-refractivity contribution < 1.29 is 9.53 Å². The summed E-state index contributed by atoms with van der Waals surface area (Å²) in [5.74, 6) is 0. The molecule has 0 unspecified atom stereocenters. The van der Waals surface area contributed by atoms with E-state index in [0.717, 1.165) is 6.42 Å². The zero-order valence-corrected chi connectivity index (χ0v) is 12.5. The Hall–Kier alpha value is 0.270. The van der Waals surface area contributed by atoms with Crippen LogP contribution in [-0.4, -0.2) is 61.3 Å². The zero-order chi connectivity index (χ0) is 13.6. The van der Waals surface area contributed by atoms with E-state index in [1.165, 1.54) is 62.7 Å². The number of amides is 1. The Labute approximate surface area is 141 Å². The van der Waals surface area contributed by atoms with Gasteiger partial charge in [0.15, 0.2) is 0 Å². The van der Waals surface area contributed by atoms with E-state index in [0.29, 0.717) is 6.61 Å². The molecule has 4 heteroatoms. The monoisotopic (exact) mass is 281 g/mol. The van der Waals surface area contributed by atoms with Gasteiger partial charge in [0, 0.05) is 14.1 Å². The minimum absolute atomic E-state index is 0. The second-order valence-electron chi connectivity index (χ2n) is 5.19. The first-order valence-corrected chi connectivity index (χ1v) is 7.52. The molecule has 0 aliphatic heterocycles. The van der Waals surface area contributed by atoms with E-state index in [1.807, 2.05) is 0 Å². The van der Waals surface area contributed by atoms with Gasteiger partial charge in [-0.15, -0.1) is 0 Å². The van der Waals surface area contributed by atoms with Crippen LogP contribution >= 0.6 is 0 Å². The Morgan fingerprint density at radius 2 is 1.26 bits per heavy atom. The minimum atomic E-state index is -0.231. The third kappa shape index (κ3) is 16.2. The molecule has 0 bridgehead atoms. The van der Waals surface area contributed by atoms with Gasteiger partial charge in [-0.25, -0.2) is 4.79 Å². The molecule has 0 aromatic rings. The number of hydrogen-bond acceptors (Lipinski definition) is 2. The SMILES string of the molecule is CCCCCCCCCCCCOC(=O)N(C)C.[NaH]. The standard InChI is InChI=1S/C15H31NO2.Na.H/c1-4-5-6-7-8-9-10-11-12-13-14-18-15(17)16(2)3;;/h4-14H2,1-3H3;;. The van der Waals surface area contributed by atoms with Gasteiger partial charge in [-0.05, 0) is 6.42 Å². The molecule has 0 fully saturated rings. The molecule has 1 amide bonds. The van der Waals surface area contributed by atoms with E-state index in [9.17, 15) is 4.79 Å². The summed E-state index contributed by atoms with van der Waals surface area (Å²) in [6, 6.07) is 0. The van der Waals surface area contributed by atoms with Crippen molar-refractivity contribution in [1.82, 2.24) is 4.90 Å². The number of nitrogens with zero attached hydrogens (tertiary/aromatic N) is 1. The summed E-state index contributed by atoms with van der Waals surface area (Å²) in [6.45, 7) is 2.82. The van der Waals surface area contributed by atoms with Crippen LogP contribution in [-0.2, 0) is 4.74 Å². The zero-order valence-electron chi connectivity index (χ0n) is 12.5. The predicted octanol–water partition coefficient (Wildman–Crippen LogP) is 3.96. The van der Waals surface area contributed by atoms with Crippen LogP contribution in [0.1, 0.15) is 71.1 Å². The summed E-state index contributed by atoms with van der Waals surface area (Å²) < 4.78 is 5.06. The Morgan fingerprint density at radius 3 is 1.68 bits per heavy atom. The Kier molecular flexibility index (Phi) is 18.5. The summed E-state index contributed by atoms with van der Waals surface area (Å²) in [6.07, 6.45) is 12.8. The van der Waals surface area contributed by atoms with Gasteiger partial charge in [-0.2, -0.15) is 0 Å². The van der Waals surface area contributed by atoms with Crippen LogP contribution < -0.4 is 0 Å². The van der Waals surface area contributed by atoms with Crippen molar-refractivity contribution >= 4 is 35.7 Å². The number of hydrogen-bond donors (Lipinski definition) is 0. The molecule has 0 radical (unpaired) electrons. The quantitative estimate of drug-likeness (QED) is 0.424. The first kappa shape index (κ1) is 21.6. The van der Waals surface area contributed by atoms with E-state index < -0.39 is 0 Å². The van der Waals surface area contributed by atoms with Crippen LogP contribution in [0.2, 0.25) is 0 Å². The Morgan fingerprint density at radius 1 is 0.842 bits per heavy atom. The molecular weight excluding hydrogens is 249 g/mol. The molecule has 110 valence electrons. The van der Waals surface area contributed by atoms with Gasteiger partial charge in [-0.1, -0.05) is 64.7 Å². The average molecular weight is 281 g/mol. The summed E-state index contributed by atoms with van der Waals surface area (Å²) >= 11 is 0. The van der Waals surface area contributed by atoms with E-state index in [2.05, 4.69) is 6.92 Å². The van der Waals surface area contributed by atoms with Gasteiger partial charge >= 0.3 is 35.7 Å². The first-order valence-electron chi connectivity index (χ1n) is 7.52. The van der Waals surface area contributed by atoms with Crippen molar-refractivity contribution in [2.24, 2.45) is 0 Å². The van der Waals surface area contributed by atoms with Gasteiger partial charge in [0.2, 0.25) is 0 Å². The van der Waals surface area contributed by atoms with Gasteiger partial charge < -0.3 is 9.64 Å². The van der Waals surface area contributed by atoms with Crippen LogP contribution in [0.3, 0.4) is 0 Å². The second kappa shape index (κ2) is 16.3. The first-order chi connectivity index (χ1) is 8.68. The molecule has 0 heterocycles. The molecule has 0 aromatic heterocycles. The van der Waals surface area contributed by atoms with Gasteiger partial charge in [0.25, 0.3) is 0 Å². The fourth-order valence-corrected chi connectivity index (χ4v) is 1.88. The van der Waals surface area contributed by atoms with Crippen molar-refractivity contribution in [3.05, 3.63) is 0 Å². The normalized spacial score (nSPS) is 9.84. The maximum absolute atomic E-state index is 11.1. The third-order valence-corrected chi connectivity index (χ3v) is 3.09. The Balaban J connectivity index is 0. The molecule has 0 spiro atoms. The molecule has 0 aliphatic carbocycles. The van der Waals surface area contributed by atoms with Crippen LogP contribution in [0.25, 0.3) is 0 Å². The second-order valence-corrected chi connectivity index (χ2v) is 5.19. The van der Waals surface area contributed by atoms with Gasteiger partial charge in [0.1, 0.15) is 0 Å². The topological polar surface area (TPSA) is 29.5 Å². The average Bonchev–Trinajstić information content (AvgIpc) is 2.35. The van der Waals surface area contributed by atoms with E-state index in [1.54, 1.807) is 14.1 Å². The number of ether oxygens (including phenoxy) is 1. The van der Waals surface area contributed by atoms with Crippen molar-refractivity contribution in [3.63, 3.8) is 0 Å². The molecule has 0 saturated heterocycles. The molecule has 0 rings (SSSR count). The maximum atomic E-state index is 11.1. The molecule has 0 aromatic carbocycles. The van der Waals surface area contributed by atoms with Crippen LogP contribution in [0.5, 0.6) is 0 Å². The van der Waals surface area contributed by atoms with Gasteiger partial charge in [0.05, 0.1) is 6.61 Å². The number of carbonyl (C=O) groups excluding carboxylic acids is 1. The van der Waals surface area contributed by atoms with E-state index in [-0.39, 0.29) is 35.7 Å². The molecule has 0 aliphatic rings. The molecule has 19 heavy (non-hydrogen) atoms. The fraction of sp³-hybridized carbons (Fsp3) is 0.933. The molecule has 0 N–H and O–H groups in total. The van der Waals surface area contributed by atoms with Crippen LogP contribution in [0.4, 0.5) is 4.79 Å². The molecular formula is C15H32NNaO2. The summed E-state index contributed by atoms with van der Waals surface area (Å²) in [4.78, 5) is 12.6. The Bertz CT molecular complexity index is 199. The van der Waals surface area contributed by atoms with Crippen LogP contribution in [0, 0.1) is 0 Å². The van der Waals surface area contributed by atoms with Crippen LogP contribution in [0.15, 0.2) is 0 Å². The van der Waals surface area contributed by atoms with E-state index >= 15 is 0 Å². The van der Waals surface area contributed by atoms with E-state index in [4.69, 9.17) is 4.74 Å².